The van der Waals surface area contributed by atoms with Gasteiger partial charge in [-0.1, -0.05) is 17.4 Å². The summed E-state index contributed by atoms with van der Waals surface area (Å²) in [7, 11) is 4.57. The Hall–Kier alpha value is -4.12. The topological polar surface area (TPSA) is 110 Å². The zero-order valence-electron chi connectivity index (χ0n) is 19.8. The van der Waals surface area contributed by atoms with E-state index in [1.165, 1.54) is 44.1 Å². The normalized spacial score (nSPS) is 11.5. The van der Waals surface area contributed by atoms with Crippen LogP contribution in [0, 0.1) is 0 Å². The Kier molecular flexibility index (Phi) is 6.87. The Morgan fingerprint density at radius 2 is 1.74 bits per heavy atom. The molecule has 2 aromatic heterocycles. The van der Waals surface area contributed by atoms with Crippen LogP contribution in [0.25, 0.3) is 22.4 Å². The number of hydrogen-bond donors (Lipinski definition) is 0. The van der Waals surface area contributed by atoms with Gasteiger partial charge in [0.1, 0.15) is 0 Å². The molecule has 182 valence electrons. The number of ether oxygens (including phenoxy) is 5. The molecule has 35 heavy (non-hydrogen) atoms. The average molecular weight is 498 g/mol. The molecule has 0 bridgehead atoms. The third-order valence-electron chi connectivity index (χ3n) is 4.92. The van der Waals surface area contributed by atoms with Crippen molar-refractivity contribution in [2.24, 2.45) is 0 Å². The lowest BCUT2D eigenvalue weighted by molar-refractivity contribution is -0.132. The van der Waals surface area contributed by atoms with Gasteiger partial charge in [0.2, 0.25) is 10.7 Å². The van der Waals surface area contributed by atoms with E-state index in [0.29, 0.717) is 61.8 Å². The molecule has 0 fully saturated rings. The lowest BCUT2D eigenvalue weighted by Crippen LogP contribution is -2.23. The minimum Gasteiger partial charge on any atom is -0.493 e. The molecule has 0 spiro atoms. The Bertz CT molecular complexity index is 1480. The van der Waals surface area contributed by atoms with Gasteiger partial charge in [0.25, 0.3) is 5.56 Å². The molecule has 0 amide bonds. The van der Waals surface area contributed by atoms with Crippen molar-refractivity contribution in [1.29, 1.82) is 0 Å². The second-order valence-corrected chi connectivity index (χ2v) is 8.20. The van der Waals surface area contributed by atoms with Crippen molar-refractivity contribution in [2.75, 3.05) is 27.9 Å². The van der Waals surface area contributed by atoms with E-state index < -0.39 is 5.97 Å². The van der Waals surface area contributed by atoms with Crippen LogP contribution >= 0.6 is 11.3 Å². The van der Waals surface area contributed by atoms with E-state index >= 15 is 0 Å². The van der Waals surface area contributed by atoms with Gasteiger partial charge in [-0.2, -0.15) is 9.50 Å². The molecule has 0 aliphatic rings. The van der Waals surface area contributed by atoms with Crippen LogP contribution in [0.15, 0.2) is 35.1 Å². The summed E-state index contributed by atoms with van der Waals surface area (Å²) in [5.74, 6) is 2.00. The van der Waals surface area contributed by atoms with Crippen molar-refractivity contribution in [2.45, 2.75) is 13.8 Å². The van der Waals surface area contributed by atoms with Crippen molar-refractivity contribution >= 4 is 28.3 Å². The smallest absolute Gasteiger partial charge is 0.308 e. The van der Waals surface area contributed by atoms with Gasteiger partial charge < -0.3 is 23.7 Å². The van der Waals surface area contributed by atoms with Gasteiger partial charge in [0.15, 0.2) is 28.8 Å². The average Bonchev–Trinajstić information content (AvgIpc) is 3.38. The molecule has 0 atom stereocenters. The minimum absolute atomic E-state index is 0.307. The monoisotopic (exact) mass is 497 g/mol. The summed E-state index contributed by atoms with van der Waals surface area (Å²) in [5, 5.41) is 4.39. The molecule has 0 N–H and O–H groups in total. The fraction of sp³-hybridized carbons (Fsp3) is 0.250. The number of carbonyl (C=O) groups excluding carboxylic acids is 1. The summed E-state index contributed by atoms with van der Waals surface area (Å²) in [5.41, 5.74) is 1.01. The van der Waals surface area contributed by atoms with Gasteiger partial charge in [-0.3, -0.25) is 9.59 Å². The zero-order valence-corrected chi connectivity index (χ0v) is 20.6. The van der Waals surface area contributed by atoms with Crippen LogP contribution in [0.5, 0.6) is 28.7 Å². The highest BCUT2D eigenvalue weighted by molar-refractivity contribution is 7.15. The number of fused-ring (bicyclic) bond motifs is 1. The van der Waals surface area contributed by atoms with Crippen molar-refractivity contribution in [3.05, 3.63) is 50.8 Å². The molecule has 0 saturated heterocycles. The van der Waals surface area contributed by atoms with Crippen molar-refractivity contribution in [1.82, 2.24) is 14.6 Å². The Balaban J connectivity index is 1.74. The van der Waals surface area contributed by atoms with Crippen LogP contribution in [-0.4, -0.2) is 48.5 Å². The summed E-state index contributed by atoms with van der Waals surface area (Å²) in [6.45, 7) is 3.54. The molecule has 0 unspecified atom stereocenters. The number of benzene rings is 2. The fourth-order valence-corrected chi connectivity index (χ4v) is 4.35. The Labute approximate surface area is 204 Å². The number of esters is 1. The Morgan fingerprint density at radius 3 is 2.31 bits per heavy atom. The van der Waals surface area contributed by atoms with Crippen LogP contribution in [-0.2, 0) is 4.79 Å². The van der Waals surface area contributed by atoms with Gasteiger partial charge in [0, 0.05) is 12.5 Å². The maximum atomic E-state index is 13.0. The van der Waals surface area contributed by atoms with Gasteiger partial charge in [0.05, 0.1) is 32.5 Å². The maximum Gasteiger partial charge on any atom is 0.308 e. The molecule has 0 saturated carbocycles. The predicted octanol–water partition coefficient (Wildman–Crippen LogP) is 2.72. The lowest BCUT2D eigenvalue weighted by atomic mass is 10.1. The predicted molar refractivity (Wildman–Crippen MR) is 130 cm³/mol. The summed E-state index contributed by atoms with van der Waals surface area (Å²) < 4.78 is 28.6. The molecule has 2 heterocycles. The quantitative estimate of drug-likeness (QED) is 0.268. The molecular formula is C24H23N3O7S. The van der Waals surface area contributed by atoms with Crippen molar-refractivity contribution in [3.8, 4) is 40.1 Å². The highest BCUT2D eigenvalue weighted by Gasteiger charge is 2.18. The number of hydrogen-bond acceptors (Lipinski definition) is 10. The van der Waals surface area contributed by atoms with Crippen LogP contribution in [0.1, 0.15) is 19.4 Å². The van der Waals surface area contributed by atoms with Crippen molar-refractivity contribution in [3.63, 3.8) is 0 Å². The number of methoxy groups -OCH3 is 3. The van der Waals surface area contributed by atoms with E-state index in [1.807, 2.05) is 6.92 Å². The van der Waals surface area contributed by atoms with E-state index in [4.69, 9.17) is 23.7 Å². The van der Waals surface area contributed by atoms with E-state index in [-0.39, 0.29) is 5.56 Å². The Morgan fingerprint density at radius 1 is 1.03 bits per heavy atom. The number of thiazole rings is 1. The van der Waals surface area contributed by atoms with Crippen molar-refractivity contribution < 1.29 is 28.5 Å². The molecular weight excluding hydrogens is 474 g/mol. The molecule has 0 aliphatic heterocycles. The van der Waals surface area contributed by atoms with E-state index in [1.54, 1.807) is 36.4 Å². The second kappa shape index (κ2) is 10.0. The van der Waals surface area contributed by atoms with Gasteiger partial charge in [-0.25, -0.2) is 0 Å². The van der Waals surface area contributed by atoms with E-state index in [0.717, 1.165) is 0 Å². The standard InChI is InChI=1S/C24H23N3O7S/c1-6-33-17-9-14(7-8-16(17)34-13(2)28)10-20-23(29)27-24(35-20)25-22(26-27)15-11-18(30-3)21(32-5)19(12-15)31-4/h7-12H,6H2,1-5H3. The largest absolute Gasteiger partial charge is 0.493 e. The number of carbonyl (C=O) groups is 1. The summed E-state index contributed by atoms with van der Waals surface area (Å²) in [6, 6.07) is 8.51. The number of aromatic nitrogens is 3. The first-order valence-corrected chi connectivity index (χ1v) is 11.4. The summed E-state index contributed by atoms with van der Waals surface area (Å²) in [4.78, 5) is 29.3. The molecule has 4 rings (SSSR count). The first-order valence-electron chi connectivity index (χ1n) is 10.5. The number of rotatable bonds is 8. The van der Waals surface area contributed by atoms with Crippen LogP contribution in [0.3, 0.4) is 0 Å². The van der Waals surface area contributed by atoms with Gasteiger partial charge in [-0.15, -0.1) is 5.10 Å². The maximum absolute atomic E-state index is 13.0. The SMILES string of the molecule is CCOc1cc(C=c2sc3nc(-c4cc(OC)c(OC)c(OC)c4)nn3c2=O)ccc1OC(C)=O. The zero-order chi connectivity index (χ0) is 25.1. The highest BCUT2D eigenvalue weighted by Crippen LogP contribution is 2.40. The molecule has 0 aliphatic carbocycles. The third kappa shape index (κ3) is 4.76. The first-order chi connectivity index (χ1) is 16.9. The molecule has 4 aromatic rings. The van der Waals surface area contributed by atoms with Gasteiger partial charge >= 0.3 is 5.97 Å². The summed E-state index contributed by atoms with van der Waals surface area (Å²) in [6.07, 6.45) is 1.71. The second-order valence-electron chi connectivity index (χ2n) is 7.19. The summed E-state index contributed by atoms with van der Waals surface area (Å²) >= 11 is 1.20. The minimum atomic E-state index is -0.446. The first kappa shape index (κ1) is 24.0. The van der Waals surface area contributed by atoms with E-state index in [2.05, 4.69) is 10.1 Å². The molecule has 0 radical (unpaired) electrons. The molecule has 2 aromatic carbocycles. The molecule has 11 heteroatoms. The fourth-order valence-electron chi connectivity index (χ4n) is 3.44. The van der Waals surface area contributed by atoms with Gasteiger partial charge in [-0.05, 0) is 42.8 Å². The van der Waals surface area contributed by atoms with Crippen LogP contribution in [0.2, 0.25) is 0 Å². The van der Waals surface area contributed by atoms with E-state index in [9.17, 15) is 9.59 Å². The third-order valence-corrected chi connectivity index (χ3v) is 5.88. The van der Waals surface area contributed by atoms with Crippen LogP contribution < -0.4 is 33.8 Å². The molecule has 10 nitrogen and oxygen atoms in total. The van der Waals surface area contributed by atoms with Crippen LogP contribution in [0.4, 0.5) is 0 Å². The number of nitrogens with zero attached hydrogens (tertiary/aromatic N) is 3. The highest BCUT2D eigenvalue weighted by atomic mass is 32.1. The lowest BCUT2D eigenvalue weighted by Gasteiger charge is -2.12.